The summed E-state index contributed by atoms with van der Waals surface area (Å²) in [5.74, 6) is 0.858. The molecule has 4 nitrogen and oxygen atoms in total. The van der Waals surface area contributed by atoms with Crippen molar-refractivity contribution in [1.29, 1.82) is 0 Å². The first-order valence-corrected chi connectivity index (χ1v) is 6.90. The van der Waals surface area contributed by atoms with Crippen molar-refractivity contribution in [3.63, 3.8) is 0 Å². The molecule has 2 N–H and O–H groups in total. The van der Waals surface area contributed by atoms with Crippen LogP contribution in [-0.2, 0) is 4.79 Å². The molecule has 0 unspecified atom stereocenters. The number of nitrogens with one attached hydrogen (secondary N) is 2. The molecule has 0 aromatic rings. The number of amides is 1. The fourth-order valence-corrected chi connectivity index (χ4v) is 2.32. The Bertz CT molecular complexity index is 213. The maximum atomic E-state index is 11.4. The summed E-state index contributed by atoms with van der Waals surface area (Å²) in [7, 11) is 1.87. The molecule has 1 saturated heterocycles. The molecule has 100 valence electrons. The summed E-state index contributed by atoms with van der Waals surface area (Å²) in [6.07, 6.45) is 4.29. The predicted octanol–water partition coefficient (Wildman–Crippen LogP) is 0.834. The summed E-state index contributed by atoms with van der Waals surface area (Å²) < 4.78 is 0. The van der Waals surface area contributed by atoms with Crippen LogP contribution in [0.15, 0.2) is 0 Å². The molecule has 0 spiro atoms. The van der Waals surface area contributed by atoms with Crippen molar-refractivity contribution in [3.8, 4) is 0 Å². The third-order valence-corrected chi connectivity index (χ3v) is 3.44. The van der Waals surface area contributed by atoms with E-state index in [1.165, 1.54) is 38.9 Å². The van der Waals surface area contributed by atoms with E-state index in [1.807, 2.05) is 7.05 Å². The van der Waals surface area contributed by atoms with Crippen LogP contribution in [0.3, 0.4) is 0 Å². The van der Waals surface area contributed by atoms with Crippen molar-refractivity contribution >= 4 is 5.91 Å². The largest absolute Gasteiger partial charge is 0.356 e. The average molecular weight is 241 g/mol. The number of rotatable bonds is 7. The fourth-order valence-electron chi connectivity index (χ4n) is 2.32. The Morgan fingerprint density at radius 3 is 2.65 bits per heavy atom. The average Bonchev–Trinajstić information content (AvgIpc) is 2.36. The second-order valence-electron chi connectivity index (χ2n) is 4.94. The third-order valence-electron chi connectivity index (χ3n) is 3.44. The zero-order valence-corrected chi connectivity index (χ0v) is 11.3. The van der Waals surface area contributed by atoms with Crippen LogP contribution in [0, 0.1) is 5.92 Å². The Morgan fingerprint density at radius 2 is 2.06 bits per heavy atom. The standard InChI is InChI=1S/C13H27N3O/c1-3-8-16-9-5-12(6-10-16)11-15-13(17)4-7-14-2/h12,14H,3-11H2,1-2H3,(H,15,17). The van der Waals surface area contributed by atoms with E-state index >= 15 is 0 Å². The van der Waals surface area contributed by atoms with Gasteiger partial charge in [0.2, 0.25) is 5.91 Å². The smallest absolute Gasteiger partial charge is 0.221 e. The minimum atomic E-state index is 0.176. The fraction of sp³-hybridized carbons (Fsp3) is 0.923. The van der Waals surface area contributed by atoms with Gasteiger partial charge in [-0.15, -0.1) is 0 Å². The Kier molecular flexibility index (Phi) is 7.21. The normalized spacial score (nSPS) is 18.2. The van der Waals surface area contributed by atoms with Crippen LogP contribution in [0.2, 0.25) is 0 Å². The highest BCUT2D eigenvalue weighted by Gasteiger charge is 2.18. The Hall–Kier alpha value is -0.610. The summed E-state index contributed by atoms with van der Waals surface area (Å²) in [5.41, 5.74) is 0. The van der Waals surface area contributed by atoms with E-state index in [1.54, 1.807) is 0 Å². The molecule has 1 fully saturated rings. The molecule has 1 heterocycles. The zero-order valence-electron chi connectivity index (χ0n) is 11.3. The maximum absolute atomic E-state index is 11.4. The lowest BCUT2D eigenvalue weighted by molar-refractivity contribution is -0.121. The first kappa shape index (κ1) is 14.5. The molecule has 0 aliphatic carbocycles. The van der Waals surface area contributed by atoms with Crippen molar-refractivity contribution in [1.82, 2.24) is 15.5 Å². The van der Waals surface area contributed by atoms with E-state index in [0.29, 0.717) is 12.3 Å². The second-order valence-corrected chi connectivity index (χ2v) is 4.94. The number of carbonyl (C=O) groups excluding carboxylic acids is 1. The van der Waals surface area contributed by atoms with Gasteiger partial charge in [0.25, 0.3) is 0 Å². The highest BCUT2D eigenvalue weighted by atomic mass is 16.1. The molecular weight excluding hydrogens is 214 g/mol. The number of nitrogens with zero attached hydrogens (tertiary/aromatic N) is 1. The molecule has 0 atom stereocenters. The van der Waals surface area contributed by atoms with Gasteiger partial charge in [-0.3, -0.25) is 4.79 Å². The van der Waals surface area contributed by atoms with Crippen LogP contribution in [0.1, 0.15) is 32.6 Å². The molecule has 1 aliphatic heterocycles. The molecular formula is C13H27N3O. The Balaban J connectivity index is 2.07. The van der Waals surface area contributed by atoms with Crippen LogP contribution in [0.4, 0.5) is 0 Å². The lowest BCUT2D eigenvalue weighted by Crippen LogP contribution is -2.39. The van der Waals surface area contributed by atoms with Crippen LogP contribution in [-0.4, -0.2) is 50.6 Å². The molecule has 0 aromatic heterocycles. The number of hydrogen-bond acceptors (Lipinski definition) is 3. The minimum Gasteiger partial charge on any atom is -0.356 e. The topological polar surface area (TPSA) is 44.4 Å². The van der Waals surface area contributed by atoms with E-state index in [0.717, 1.165) is 13.1 Å². The highest BCUT2D eigenvalue weighted by Crippen LogP contribution is 2.16. The van der Waals surface area contributed by atoms with Crippen LogP contribution in [0.25, 0.3) is 0 Å². The molecule has 4 heteroatoms. The second kappa shape index (κ2) is 8.48. The zero-order chi connectivity index (χ0) is 12.5. The summed E-state index contributed by atoms with van der Waals surface area (Å²) in [4.78, 5) is 14.0. The summed E-state index contributed by atoms with van der Waals surface area (Å²) >= 11 is 0. The van der Waals surface area contributed by atoms with Gasteiger partial charge in [-0.1, -0.05) is 6.92 Å². The van der Waals surface area contributed by atoms with E-state index in [-0.39, 0.29) is 5.91 Å². The number of hydrogen-bond donors (Lipinski definition) is 2. The van der Waals surface area contributed by atoms with Gasteiger partial charge in [0.05, 0.1) is 0 Å². The molecule has 1 rings (SSSR count). The van der Waals surface area contributed by atoms with Crippen LogP contribution >= 0.6 is 0 Å². The summed E-state index contributed by atoms with van der Waals surface area (Å²) in [5, 5.41) is 6.03. The van der Waals surface area contributed by atoms with Gasteiger partial charge in [0, 0.05) is 19.5 Å². The van der Waals surface area contributed by atoms with Crippen molar-refractivity contribution < 1.29 is 4.79 Å². The van der Waals surface area contributed by atoms with Crippen molar-refractivity contribution in [3.05, 3.63) is 0 Å². The lowest BCUT2D eigenvalue weighted by atomic mass is 9.96. The van der Waals surface area contributed by atoms with Gasteiger partial charge in [-0.25, -0.2) is 0 Å². The highest BCUT2D eigenvalue weighted by molar-refractivity contribution is 5.76. The van der Waals surface area contributed by atoms with Gasteiger partial charge >= 0.3 is 0 Å². The van der Waals surface area contributed by atoms with Crippen molar-refractivity contribution in [2.24, 2.45) is 5.92 Å². The number of piperidine rings is 1. The lowest BCUT2D eigenvalue weighted by Gasteiger charge is -2.31. The molecule has 17 heavy (non-hydrogen) atoms. The van der Waals surface area contributed by atoms with E-state index in [9.17, 15) is 4.79 Å². The summed E-state index contributed by atoms with van der Waals surface area (Å²) in [6.45, 7) is 7.48. The van der Waals surface area contributed by atoms with Gasteiger partial charge in [0.15, 0.2) is 0 Å². The number of likely N-dealkylation sites (tertiary alicyclic amines) is 1. The third kappa shape index (κ3) is 6.03. The van der Waals surface area contributed by atoms with E-state index < -0.39 is 0 Å². The van der Waals surface area contributed by atoms with E-state index in [2.05, 4.69) is 22.5 Å². The van der Waals surface area contributed by atoms with Crippen molar-refractivity contribution in [2.45, 2.75) is 32.6 Å². The molecule has 0 saturated carbocycles. The molecule has 1 amide bonds. The van der Waals surface area contributed by atoms with Gasteiger partial charge in [-0.2, -0.15) is 0 Å². The van der Waals surface area contributed by atoms with Gasteiger partial charge in [-0.05, 0) is 51.9 Å². The van der Waals surface area contributed by atoms with Crippen molar-refractivity contribution in [2.75, 3.05) is 39.8 Å². The monoisotopic (exact) mass is 241 g/mol. The van der Waals surface area contributed by atoms with Crippen LogP contribution < -0.4 is 10.6 Å². The Morgan fingerprint density at radius 1 is 1.35 bits per heavy atom. The maximum Gasteiger partial charge on any atom is 0.221 e. The molecule has 0 radical (unpaired) electrons. The van der Waals surface area contributed by atoms with E-state index in [4.69, 9.17) is 0 Å². The predicted molar refractivity (Wildman–Crippen MR) is 71.0 cm³/mol. The first-order valence-electron chi connectivity index (χ1n) is 6.90. The molecule has 0 bridgehead atoms. The Labute approximate surface area is 105 Å². The van der Waals surface area contributed by atoms with Gasteiger partial charge < -0.3 is 15.5 Å². The quantitative estimate of drug-likeness (QED) is 0.694. The summed E-state index contributed by atoms with van der Waals surface area (Å²) in [6, 6.07) is 0. The van der Waals surface area contributed by atoms with Gasteiger partial charge in [0.1, 0.15) is 0 Å². The van der Waals surface area contributed by atoms with Crippen LogP contribution in [0.5, 0.6) is 0 Å². The molecule has 1 aliphatic rings. The molecule has 0 aromatic carbocycles. The SMILES string of the molecule is CCCN1CCC(CNC(=O)CCNC)CC1. The first-order chi connectivity index (χ1) is 8.26. The number of carbonyl (C=O) groups is 1. The minimum absolute atomic E-state index is 0.176.